The molecule has 5 nitrogen and oxygen atoms in total. The first-order valence-corrected chi connectivity index (χ1v) is 6.63. The summed E-state index contributed by atoms with van der Waals surface area (Å²) in [6, 6.07) is 2.45. The van der Waals surface area contributed by atoms with E-state index in [0.717, 1.165) is 13.1 Å². The number of hydrogen-bond donors (Lipinski definition) is 1. The van der Waals surface area contributed by atoms with E-state index < -0.39 is 0 Å². The van der Waals surface area contributed by atoms with Crippen LogP contribution in [0.3, 0.4) is 0 Å². The van der Waals surface area contributed by atoms with E-state index in [0.29, 0.717) is 13.1 Å². The quantitative estimate of drug-likeness (QED) is 0.788. The van der Waals surface area contributed by atoms with E-state index in [1.807, 2.05) is 37.5 Å². The highest BCUT2D eigenvalue weighted by Crippen LogP contribution is 2.09. The number of rotatable bonds is 4. The van der Waals surface area contributed by atoms with Crippen molar-refractivity contribution in [1.29, 1.82) is 5.26 Å². The van der Waals surface area contributed by atoms with Crippen molar-refractivity contribution in [2.45, 2.75) is 45.8 Å². The summed E-state index contributed by atoms with van der Waals surface area (Å²) < 4.78 is 0. The third kappa shape index (κ3) is 3.69. The van der Waals surface area contributed by atoms with E-state index in [-0.39, 0.29) is 24.0 Å². The number of nitriles is 1. The Balaban J connectivity index is 2.64. The Morgan fingerprint density at radius 2 is 2.06 bits per heavy atom. The number of carbonyl (C=O) groups excluding carboxylic acids is 1. The fraction of sp³-hybridized carbons (Fsp3) is 0.846. The lowest BCUT2D eigenvalue weighted by Crippen LogP contribution is -2.55. The summed E-state index contributed by atoms with van der Waals surface area (Å²) >= 11 is 0. The molecule has 1 aliphatic heterocycles. The number of hydrogen-bond acceptors (Lipinski definition) is 4. The molecule has 0 spiro atoms. The number of amides is 1. The van der Waals surface area contributed by atoms with Gasteiger partial charge in [-0.3, -0.25) is 9.69 Å². The first kappa shape index (κ1) is 14.9. The minimum absolute atomic E-state index is 0.113. The normalized spacial score (nSPS) is 21.1. The summed E-state index contributed by atoms with van der Waals surface area (Å²) in [6.45, 7) is 10.7. The molecule has 0 aromatic heterocycles. The van der Waals surface area contributed by atoms with Crippen LogP contribution < -0.4 is 5.32 Å². The minimum Gasteiger partial charge on any atom is -0.337 e. The number of carbonyl (C=O) groups is 1. The minimum atomic E-state index is -0.191. The third-order valence-corrected chi connectivity index (χ3v) is 3.24. The van der Waals surface area contributed by atoms with Crippen LogP contribution in [0.15, 0.2) is 0 Å². The van der Waals surface area contributed by atoms with Crippen molar-refractivity contribution in [1.82, 2.24) is 15.1 Å². The molecule has 1 aliphatic rings. The first-order valence-electron chi connectivity index (χ1n) is 6.63. The van der Waals surface area contributed by atoms with Gasteiger partial charge in [-0.15, -0.1) is 0 Å². The van der Waals surface area contributed by atoms with E-state index in [9.17, 15) is 4.79 Å². The van der Waals surface area contributed by atoms with Crippen LogP contribution >= 0.6 is 0 Å². The molecule has 102 valence electrons. The Morgan fingerprint density at radius 3 is 2.56 bits per heavy atom. The van der Waals surface area contributed by atoms with Gasteiger partial charge in [-0.1, -0.05) is 0 Å². The Labute approximate surface area is 110 Å². The molecular weight excluding hydrogens is 228 g/mol. The average Bonchev–Trinajstić information content (AvgIpc) is 2.28. The van der Waals surface area contributed by atoms with Gasteiger partial charge in [-0.05, 0) is 27.7 Å². The molecule has 5 heteroatoms. The predicted octanol–water partition coefficient (Wildman–Crippen LogP) is 0.429. The maximum Gasteiger partial charge on any atom is 0.237 e. The molecule has 0 saturated carbocycles. The van der Waals surface area contributed by atoms with Crippen LogP contribution in [0, 0.1) is 11.3 Å². The van der Waals surface area contributed by atoms with Crippen LogP contribution in [0.25, 0.3) is 0 Å². The van der Waals surface area contributed by atoms with Crippen molar-refractivity contribution in [2.24, 2.45) is 0 Å². The van der Waals surface area contributed by atoms with E-state index in [1.165, 1.54) is 0 Å². The Kier molecular flexibility index (Phi) is 5.57. The second-order valence-electron chi connectivity index (χ2n) is 5.31. The van der Waals surface area contributed by atoms with Gasteiger partial charge in [0, 0.05) is 31.7 Å². The molecule has 1 heterocycles. The van der Waals surface area contributed by atoms with Crippen LogP contribution in [0.2, 0.25) is 0 Å². The molecule has 1 amide bonds. The Hall–Kier alpha value is -1.12. The number of piperazine rings is 1. The highest BCUT2D eigenvalue weighted by Gasteiger charge is 2.27. The smallest absolute Gasteiger partial charge is 0.237 e. The van der Waals surface area contributed by atoms with Crippen molar-refractivity contribution in [3.8, 4) is 6.07 Å². The summed E-state index contributed by atoms with van der Waals surface area (Å²) in [5, 5.41) is 12.2. The molecule has 1 saturated heterocycles. The predicted molar refractivity (Wildman–Crippen MR) is 71.0 cm³/mol. The van der Waals surface area contributed by atoms with E-state index >= 15 is 0 Å². The summed E-state index contributed by atoms with van der Waals surface area (Å²) in [4.78, 5) is 16.2. The van der Waals surface area contributed by atoms with Gasteiger partial charge in [-0.25, -0.2) is 0 Å². The summed E-state index contributed by atoms with van der Waals surface area (Å²) in [7, 11) is 0. The van der Waals surface area contributed by atoms with Gasteiger partial charge < -0.3 is 10.2 Å². The Bertz CT molecular complexity index is 313. The molecule has 0 aromatic rings. The lowest BCUT2D eigenvalue weighted by Gasteiger charge is -2.36. The molecular formula is C13H24N4O. The molecule has 1 unspecified atom stereocenters. The first-order chi connectivity index (χ1) is 8.47. The number of nitrogens with zero attached hydrogens (tertiary/aromatic N) is 3. The average molecular weight is 252 g/mol. The van der Waals surface area contributed by atoms with Gasteiger partial charge >= 0.3 is 0 Å². The lowest BCUT2D eigenvalue weighted by molar-refractivity contribution is -0.136. The fourth-order valence-electron chi connectivity index (χ4n) is 2.49. The van der Waals surface area contributed by atoms with E-state index in [4.69, 9.17) is 5.26 Å². The van der Waals surface area contributed by atoms with Crippen LogP contribution in [0.5, 0.6) is 0 Å². The van der Waals surface area contributed by atoms with Crippen LogP contribution in [-0.4, -0.2) is 60.0 Å². The fourth-order valence-corrected chi connectivity index (χ4v) is 2.49. The van der Waals surface area contributed by atoms with Crippen molar-refractivity contribution in [3.63, 3.8) is 0 Å². The highest BCUT2D eigenvalue weighted by molar-refractivity contribution is 5.79. The van der Waals surface area contributed by atoms with Crippen LogP contribution in [-0.2, 0) is 4.79 Å². The summed E-state index contributed by atoms with van der Waals surface area (Å²) in [5.41, 5.74) is 0. The zero-order valence-corrected chi connectivity index (χ0v) is 11.8. The van der Waals surface area contributed by atoms with Crippen LogP contribution in [0.4, 0.5) is 0 Å². The van der Waals surface area contributed by atoms with Crippen LogP contribution in [0.1, 0.15) is 27.7 Å². The van der Waals surface area contributed by atoms with Gasteiger partial charge in [0.05, 0.1) is 12.6 Å². The van der Waals surface area contributed by atoms with Gasteiger partial charge in [0.15, 0.2) is 0 Å². The molecule has 1 rings (SSSR count). The third-order valence-electron chi connectivity index (χ3n) is 3.24. The second-order valence-corrected chi connectivity index (χ2v) is 5.31. The lowest BCUT2D eigenvalue weighted by atomic mass is 10.2. The maximum atomic E-state index is 12.3. The molecule has 0 bridgehead atoms. The molecule has 1 N–H and O–H groups in total. The maximum absolute atomic E-state index is 12.3. The van der Waals surface area contributed by atoms with Gasteiger partial charge in [-0.2, -0.15) is 5.26 Å². The largest absolute Gasteiger partial charge is 0.337 e. The van der Waals surface area contributed by atoms with E-state index in [2.05, 4.69) is 11.4 Å². The monoisotopic (exact) mass is 252 g/mol. The standard InChI is InChI=1S/C13H24N4O/c1-10(2)17(11(3)4)13(18)9-16-6-5-15-8-12(16)7-14/h10-12,15H,5-6,8-9H2,1-4H3. The molecule has 1 fully saturated rings. The van der Waals surface area contributed by atoms with Gasteiger partial charge in [0.2, 0.25) is 5.91 Å². The summed E-state index contributed by atoms with van der Waals surface area (Å²) in [5.74, 6) is 0.113. The van der Waals surface area contributed by atoms with Crippen molar-refractivity contribution >= 4 is 5.91 Å². The SMILES string of the molecule is CC(C)N(C(=O)CN1CCNCC1C#N)C(C)C. The molecule has 0 aromatic carbocycles. The summed E-state index contributed by atoms with van der Waals surface area (Å²) in [6.07, 6.45) is 0. The van der Waals surface area contributed by atoms with E-state index in [1.54, 1.807) is 0 Å². The molecule has 1 atom stereocenters. The second kappa shape index (κ2) is 6.72. The Morgan fingerprint density at radius 1 is 1.44 bits per heavy atom. The zero-order chi connectivity index (χ0) is 13.7. The van der Waals surface area contributed by atoms with Gasteiger partial charge in [0.1, 0.15) is 6.04 Å². The zero-order valence-electron chi connectivity index (χ0n) is 11.8. The topological polar surface area (TPSA) is 59.4 Å². The highest BCUT2D eigenvalue weighted by atomic mass is 16.2. The molecule has 0 aliphatic carbocycles. The van der Waals surface area contributed by atoms with Crippen molar-refractivity contribution in [2.75, 3.05) is 26.2 Å². The van der Waals surface area contributed by atoms with Crippen molar-refractivity contribution < 1.29 is 4.79 Å². The molecule has 0 radical (unpaired) electrons. The van der Waals surface area contributed by atoms with Gasteiger partial charge in [0.25, 0.3) is 0 Å². The molecule has 18 heavy (non-hydrogen) atoms. The number of nitrogens with one attached hydrogen (secondary N) is 1. The van der Waals surface area contributed by atoms with Crippen molar-refractivity contribution in [3.05, 3.63) is 0 Å².